The van der Waals surface area contributed by atoms with Gasteiger partial charge >= 0.3 is 12.1 Å². The van der Waals surface area contributed by atoms with Crippen LogP contribution in [0.5, 0.6) is 0 Å². The maximum atomic E-state index is 12.2. The third-order valence-corrected chi connectivity index (χ3v) is 3.30. The summed E-state index contributed by atoms with van der Waals surface area (Å²) in [7, 11) is 0. The first kappa shape index (κ1) is 17.5. The van der Waals surface area contributed by atoms with Gasteiger partial charge in [0.05, 0.1) is 6.61 Å². The highest BCUT2D eigenvalue weighted by Crippen LogP contribution is 2.23. The van der Waals surface area contributed by atoms with E-state index in [9.17, 15) is 14.4 Å². The third-order valence-electron chi connectivity index (χ3n) is 3.30. The average molecular weight is 299 g/mol. The van der Waals surface area contributed by atoms with Gasteiger partial charge in [-0.3, -0.25) is 9.59 Å². The normalized spacial score (nSPS) is 23.5. The fraction of sp³-hybridized carbons (Fsp3) is 0.800. The molecule has 0 spiro atoms. The predicted molar refractivity (Wildman–Crippen MR) is 76.8 cm³/mol. The predicted octanol–water partition coefficient (Wildman–Crippen LogP) is 2.15. The zero-order chi connectivity index (χ0) is 16.2. The van der Waals surface area contributed by atoms with Crippen molar-refractivity contribution >= 4 is 17.8 Å². The van der Waals surface area contributed by atoms with Gasteiger partial charge in [-0.1, -0.05) is 0 Å². The van der Waals surface area contributed by atoms with Gasteiger partial charge in [-0.15, -0.1) is 0 Å². The summed E-state index contributed by atoms with van der Waals surface area (Å²) in [5, 5.41) is 0. The van der Waals surface area contributed by atoms with E-state index in [2.05, 4.69) is 0 Å². The zero-order valence-electron chi connectivity index (χ0n) is 13.5. The average Bonchev–Trinajstić information content (AvgIpc) is 2.47. The number of hydrogen-bond donors (Lipinski definition) is 0. The van der Waals surface area contributed by atoms with Gasteiger partial charge in [-0.25, -0.2) is 4.79 Å². The Bertz CT molecular complexity index is 413. The van der Waals surface area contributed by atoms with Gasteiger partial charge in [-0.2, -0.15) is 0 Å². The van der Waals surface area contributed by atoms with Gasteiger partial charge in [0.15, 0.2) is 0 Å². The summed E-state index contributed by atoms with van der Waals surface area (Å²) >= 11 is 0. The van der Waals surface area contributed by atoms with Crippen LogP contribution in [0.25, 0.3) is 0 Å². The minimum absolute atomic E-state index is 0.146. The molecule has 1 aliphatic rings. The van der Waals surface area contributed by atoms with E-state index < -0.39 is 23.6 Å². The van der Waals surface area contributed by atoms with Crippen LogP contribution in [-0.2, 0) is 19.1 Å². The number of amides is 1. The number of esters is 1. The summed E-state index contributed by atoms with van der Waals surface area (Å²) in [6.07, 6.45) is -0.0310. The quantitative estimate of drug-likeness (QED) is 0.577. The van der Waals surface area contributed by atoms with Crippen molar-refractivity contribution in [2.24, 2.45) is 5.92 Å². The Kier molecular flexibility index (Phi) is 5.75. The fourth-order valence-corrected chi connectivity index (χ4v) is 2.29. The molecule has 0 aromatic heterocycles. The molecule has 2 unspecified atom stereocenters. The molecule has 2 atom stereocenters. The number of ether oxygens (including phenoxy) is 2. The lowest BCUT2D eigenvalue weighted by atomic mass is 9.96. The highest BCUT2D eigenvalue weighted by Gasteiger charge is 2.37. The van der Waals surface area contributed by atoms with Gasteiger partial charge in [0.25, 0.3) is 0 Å². The largest absolute Gasteiger partial charge is 0.465 e. The third kappa shape index (κ3) is 5.02. The summed E-state index contributed by atoms with van der Waals surface area (Å²) in [5.41, 5.74) is -0.590. The standard InChI is InChI=1S/C15H25NO5/c1-6-20-13(18)11-9-10(2)16(8-7-12(11)17)14(19)21-15(3,4)5/h10-11H,6-9H2,1-5H3. The lowest BCUT2D eigenvalue weighted by Gasteiger charge is -2.30. The Morgan fingerprint density at radius 3 is 2.48 bits per heavy atom. The van der Waals surface area contributed by atoms with E-state index >= 15 is 0 Å². The molecule has 0 saturated carbocycles. The van der Waals surface area contributed by atoms with Crippen LogP contribution in [0.4, 0.5) is 4.79 Å². The number of Topliss-reactive ketones (excluding diaryl/α,β-unsaturated/α-hetero) is 1. The molecule has 0 N–H and O–H groups in total. The van der Waals surface area contributed by atoms with Crippen molar-refractivity contribution in [2.45, 2.75) is 59.1 Å². The van der Waals surface area contributed by atoms with E-state index in [0.29, 0.717) is 0 Å². The molecule has 0 radical (unpaired) electrons. The molecule has 1 amide bonds. The Morgan fingerprint density at radius 1 is 1.33 bits per heavy atom. The van der Waals surface area contributed by atoms with Crippen LogP contribution in [0.15, 0.2) is 0 Å². The van der Waals surface area contributed by atoms with E-state index in [4.69, 9.17) is 9.47 Å². The monoisotopic (exact) mass is 299 g/mol. The molecule has 0 aliphatic carbocycles. The minimum atomic E-state index is -0.785. The molecule has 0 bridgehead atoms. The number of carbonyl (C=O) groups is 3. The van der Waals surface area contributed by atoms with Crippen molar-refractivity contribution in [3.8, 4) is 0 Å². The van der Waals surface area contributed by atoms with E-state index in [1.807, 2.05) is 6.92 Å². The Hall–Kier alpha value is -1.59. The highest BCUT2D eigenvalue weighted by molar-refractivity contribution is 5.99. The van der Waals surface area contributed by atoms with Crippen LogP contribution in [0.1, 0.15) is 47.5 Å². The Balaban J connectivity index is 2.79. The van der Waals surface area contributed by atoms with Gasteiger partial charge in [0.1, 0.15) is 17.3 Å². The molecular weight excluding hydrogens is 274 g/mol. The number of ketones is 1. The maximum Gasteiger partial charge on any atom is 0.410 e. The number of carbonyl (C=O) groups excluding carboxylic acids is 3. The smallest absolute Gasteiger partial charge is 0.410 e. The fourth-order valence-electron chi connectivity index (χ4n) is 2.29. The summed E-state index contributed by atoms with van der Waals surface area (Å²) in [4.78, 5) is 37.6. The van der Waals surface area contributed by atoms with Crippen molar-refractivity contribution in [1.29, 1.82) is 0 Å². The first-order valence-corrected chi connectivity index (χ1v) is 7.34. The van der Waals surface area contributed by atoms with Crippen LogP contribution in [0, 0.1) is 5.92 Å². The number of rotatable bonds is 2. The van der Waals surface area contributed by atoms with Crippen molar-refractivity contribution in [3.05, 3.63) is 0 Å². The maximum absolute atomic E-state index is 12.2. The van der Waals surface area contributed by atoms with Crippen LogP contribution in [-0.4, -0.2) is 47.5 Å². The summed E-state index contributed by atoms with van der Waals surface area (Å²) in [6.45, 7) is 9.40. The van der Waals surface area contributed by atoms with E-state index in [1.165, 1.54) is 4.90 Å². The number of nitrogens with zero attached hydrogens (tertiary/aromatic N) is 1. The Morgan fingerprint density at radius 2 is 1.95 bits per heavy atom. The molecule has 1 rings (SSSR count). The molecule has 1 fully saturated rings. The highest BCUT2D eigenvalue weighted by atomic mass is 16.6. The van der Waals surface area contributed by atoms with E-state index in [-0.39, 0.29) is 37.8 Å². The zero-order valence-corrected chi connectivity index (χ0v) is 13.5. The van der Waals surface area contributed by atoms with Gasteiger partial charge in [0.2, 0.25) is 0 Å². The number of hydrogen-bond acceptors (Lipinski definition) is 5. The SMILES string of the molecule is CCOC(=O)C1CC(C)N(C(=O)OC(C)(C)C)CCC1=O. The van der Waals surface area contributed by atoms with Crippen molar-refractivity contribution in [1.82, 2.24) is 4.90 Å². The molecule has 1 saturated heterocycles. The second kappa shape index (κ2) is 6.91. The molecule has 1 aliphatic heterocycles. The van der Waals surface area contributed by atoms with Gasteiger partial charge in [0, 0.05) is 19.0 Å². The molecular formula is C15H25NO5. The van der Waals surface area contributed by atoms with Crippen molar-refractivity contribution < 1.29 is 23.9 Å². The molecule has 6 nitrogen and oxygen atoms in total. The molecule has 1 heterocycles. The van der Waals surface area contributed by atoms with E-state index in [0.717, 1.165) is 0 Å². The Labute approximate surface area is 125 Å². The molecule has 6 heteroatoms. The second-order valence-electron chi connectivity index (χ2n) is 6.28. The molecule has 0 aromatic rings. The summed E-state index contributed by atoms with van der Waals surface area (Å²) in [5.74, 6) is -1.46. The van der Waals surface area contributed by atoms with Crippen LogP contribution in [0.2, 0.25) is 0 Å². The van der Waals surface area contributed by atoms with Crippen LogP contribution < -0.4 is 0 Å². The van der Waals surface area contributed by atoms with Crippen LogP contribution in [0.3, 0.4) is 0 Å². The van der Waals surface area contributed by atoms with Crippen molar-refractivity contribution in [2.75, 3.05) is 13.2 Å². The van der Waals surface area contributed by atoms with Crippen molar-refractivity contribution in [3.63, 3.8) is 0 Å². The lowest BCUT2D eigenvalue weighted by molar-refractivity contribution is -0.151. The van der Waals surface area contributed by atoms with Crippen LogP contribution >= 0.6 is 0 Å². The van der Waals surface area contributed by atoms with E-state index in [1.54, 1.807) is 27.7 Å². The van der Waals surface area contributed by atoms with Gasteiger partial charge in [-0.05, 0) is 41.0 Å². The first-order valence-electron chi connectivity index (χ1n) is 7.34. The molecule has 0 aromatic carbocycles. The molecule has 21 heavy (non-hydrogen) atoms. The number of likely N-dealkylation sites (tertiary alicyclic amines) is 1. The summed E-state index contributed by atoms with van der Waals surface area (Å²) < 4.78 is 10.3. The first-order chi connectivity index (χ1) is 9.65. The minimum Gasteiger partial charge on any atom is -0.465 e. The lowest BCUT2D eigenvalue weighted by Crippen LogP contribution is -2.42. The van der Waals surface area contributed by atoms with Gasteiger partial charge < -0.3 is 14.4 Å². The second-order valence-corrected chi connectivity index (χ2v) is 6.28. The summed E-state index contributed by atoms with van der Waals surface area (Å²) in [6, 6.07) is -0.249. The topological polar surface area (TPSA) is 72.9 Å². The molecule has 120 valence electrons.